The minimum atomic E-state index is -3.68. The van der Waals surface area contributed by atoms with Gasteiger partial charge in [0, 0.05) is 33.4 Å². The van der Waals surface area contributed by atoms with E-state index in [0.717, 1.165) is 15.4 Å². The molecule has 0 unspecified atom stereocenters. The van der Waals surface area contributed by atoms with E-state index >= 15 is 0 Å². The van der Waals surface area contributed by atoms with Crippen molar-refractivity contribution in [2.24, 2.45) is 5.73 Å². The fraction of sp³-hybridized carbons (Fsp3) is 0.167. The highest BCUT2D eigenvalue weighted by atomic mass is 79.9. The van der Waals surface area contributed by atoms with E-state index in [9.17, 15) is 12.8 Å². The molecule has 0 aliphatic carbocycles. The number of hydrogen-bond acceptors (Lipinski definition) is 4. The third kappa shape index (κ3) is 3.64. The fourth-order valence-electron chi connectivity index (χ4n) is 1.57. The Morgan fingerprint density at radius 1 is 1.35 bits per heavy atom. The number of benzene rings is 1. The zero-order valence-electron chi connectivity index (χ0n) is 10.3. The molecule has 0 saturated carbocycles. The number of hydrogen-bond donors (Lipinski definition) is 2. The molecule has 1 aromatic heterocycles. The van der Waals surface area contributed by atoms with Crippen LogP contribution >= 0.6 is 27.3 Å². The summed E-state index contributed by atoms with van der Waals surface area (Å²) in [5.41, 5.74) is 5.54. The Morgan fingerprint density at radius 3 is 2.70 bits per heavy atom. The number of nitrogens with one attached hydrogen (secondary N) is 1. The van der Waals surface area contributed by atoms with E-state index in [1.165, 1.54) is 23.5 Å². The Kier molecular flexibility index (Phi) is 4.92. The van der Waals surface area contributed by atoms with E-state index in [2.05, 4.69) is 20.7 Å². The topological polar surface area (TPSA) is 72.2 Å². The molecule has 2 aromatic rings. The second kappa shape index (κ2) is 6.31. The maximum absolute atomic E-state index is 13.3. The summed E-state index contributed by atoms with van der Waals surface area (Å²) in [4.78, 5) is 0.886. The lowest BCUT2D eigenvalue weighted by Crippen LogP contribution is -2.23. The normalized spacial score (nSPS) is 11.8. The summed E-state index contributed by atoms with van der Waals surface area (Å²) in [5.74, 6) is -0.506. The summed E-state index contributed by atoms with van der Waals surface area (Å²) in [5, 5.41) is 1.87. The molecule has 0 fully saturated rings. The Morgan fingerprint density at radius 2 is 2.10 bits per heavy atom. The first-order chi connectivity index (χ1) is 9.42. The minimum absolute atomic E-state index is 0.00923. The molecule has 20 heavy (non-hydrogen) atoms. The van der Waals surface area contributed by atoms with Crippen molar-refractivity contribution in [2.45, 2.75) is 18.0 Å². The summed E-state index contributed by atoms with van der Waals surface area (Å²) in [7, 11) is -3.68. The third-order valence-corrected chi connectivity index (χ3v) is 5.70. The first kappa shape index (κ1) is 15.6. The SMILES string of the molecule is NCc1cc(S(=O)(=O)NCc2cc(Br)cs2)ccc1F. The van der Waals surface area contributed by atoms with Crippen molar-refractivity contribution >= 4 is 37.3 Å². The van der Waals surface area contributed by atoms with Crippen LogP contribution in [0.5, 0.6) is 0 Å². The van der Waals surface area contributed by atoms with Crippen LogP contribution in [-0.4, -0.2) is 8.42 Å². The van der Waals surface area contributed by atoms with Gasteiger partial charge >= 0.3 is 0 Å². The first-order valence-electron chi connectivity index (χ1n) is 5.63. The van der Waals surface area contributed by atoms with Crippen LogP contribution in [0.2, 0.25) is 0 Å². The zero-order chi connectivity index (χ0) is 14.8. The molecule has 0 atom stereocenters. The Balaban J connectivity index is 2.17. The first-order valence-corrected chi connectivity index (χ1v) is 8.79. The molecule has 0 spiro atoms. The van der Waals surface area contributed by atoms with Crippen molar-refractivity contribution in [3.8, 4) is 0 Å². The molecule has 2 rings (SSSR count). The van der Waals surface area contributed by atoms with Gasteiger partial charge in [-0.1, -0.05) is 0 Å². The van der Waals surface area contributed by atoms with E-state index in [1.54, 1.807) is 0 Å². The van der Waals surface area contributed by atoms with Crippen LogP contribution in [0.1, 0.15) is 10.4 Å². The molecule has 4 nitrogen and oxygen atoms in total. The van der Waals surface area contributed by atoms with Gasteiger partial charge < -0.3 is 5.73 Å². The van der Waals surface area contributed by atoms with Crippen molar-refractivity contribution in [3.63, 3.8) is 0 Å². The van der Waals surface area contributed by atoms with Gasteiger partial charge in [-0.05, 0) is 40.2 Å². The van der Waals surface area contributed by atoms with Crippen LogP contribution < -0.4 is 10.5 Å². The number of sulfonamides is 1. The van der Waals surface area contributed by atoms with Crippen molar-refractivity contribution < 1.29 is 12.8 Å². The van der Waals surface area contributed by atoms with Crippen LogP contribution in [0.15, 0.2) is 39.0 Å². The third-order valence-electron chi connectivity index (χ3n) is 2.61. The average Bonchev–Trinajstić information content (AvgIpc) is 2.83. The quantitative estimate of drug-likeness (QED) is 0.839. The lowest BCUT2D eigenvalue weighted by atomic mass is 10.2. The predicted octanol–water partition coefficient (Wildman–Crippen LogP) is 2.59. The molecular formula is C12H12BrFN2O2S2. The second-order valence-corrected chi connectivity index (χ2v) is 7.69. The molecule has 1 heterocycles. The summed E-state index contributed by atoms with van der Waals surface area (Å²) in [6, 6.07) is 5.42. The number of rotatable bonds is 5. The summed E-state index contributed by atoms with van der Waals surface area (Å²) in [6.07, 6.45) is 0. The van der Waals surface area contributed by atoms with Crippen molar-refractivity contribution in [1.29, 1.82) is 0 Å². The van der Waals surface area contributed by atoms with E-state index in [-0.39, 0.29) is 23.5 Å². The van der Waals surface area contributed by atoms with E-state index in [1.807, 2.05) is 11.4 Å². The lowest BCUT2D eigenvalue weighted by molar-refractivity contribution is 0.579. The van der Waals surface area contributed by atoms with Crippen LogP contribution in [0.3, 0.4) is 0 Å². The molecule has 0 amide bonds. The Hall–Kier alpha value is -0.800. The number of halogens is 2. The summed E-state index contributed by atoms with van der Waals surface area (Å²) < 4.78 is 40.9. The molecule has 0 bridgehead atoms. The van der Waals surface area contributed by atoms with Crippen molar-refractivity contribution in [3.05, 3.63) is 50.4 Å². The Labute approximate surface area is 129 Å². The highest BCUT2D eigenvalue weighted by Crippen LogP contribution is 2.20. The minimum Gasteiger partial charge on any atom is -0.326 e. The van der Waals surface area contributed by atoms with Crippen LogP contribution in [0.4, 0.5) is 4.39 Å². The highest BCUT2D eigenvalue weighted by molar-refractivity contribution is 9.10. The van der Waals surface area contributed by atoms with Gasteiger partial charge in [0.05, 0.1) is 4.90 Å². The number of thiophene rings is 1. The van der Waals surface area contributed by atoms with Gasteiger partial charge in [0.15, 0.2) is 0 Å². The van der Waals surface area contributed by atoms with E-state index in [4.69, 9.17) is 5.73 Å². The van der Waals surface area contributed by atoms with Gasteiger partial charge in [-0.25, -0.2) is 17.5 Å². The monoisotopic (exact) mass is 378 g/mol. The van der Waals surface area contributed by atoms with Gasteiger partial charge in [-0.15, -0.1) is 11.3 Å². The van der Waals surface area contributed by atoms with Crippen LogP contribution in [0, 0.1) is 5.82 Å². The standard InChI is InChI=1S/C12H12BrFN2O2S2/c13-9-4-10(19-7-9)6-16-20(17,18)11-1-2-12(14)8(3-11)5-15/h1-4,7,16H,5-6,15H2. The molecule has 1 aromatic carbocycles. The Bertz CT molecular complexity index is 716. The predicted molar refractivity (Wildman–Crippen MR) is 80.3 cm³/mol. The second-order valence-electron chi connectivity index (χ2n) is 4.01. The maximum Gasteiger partial charge on any atom is 0.240 e. The molecule has 3 N–H and O–H groups in total. The van der Waals surface area contributed by atoms with E-state index < -0.39 is 15.8 Å². The average molecular weight is 379 g/mol. The van der Waals surface area contributed by atoms with Gasteiger partial charge in [-0.2, -0.15) is 0 Å². The molecule has 108 valence electrons. The highest BCUT2D eigenvalue weighted by Gasteiger charge is 2.16. The van der Waals surface area contributed by atoms with Crippen molar-refractivity contribution in [1.82, 2.24) is 4.72 Å². The molecule has 8 heteroatoms. The summed E-state index contributed by atoms with van der Waals surface area (Å²) >= 11 is 4.74. The van der Waals surface area contributed by atoms with Crippen LogP contribution in [-0.2, 0) is 23.1 Å². The van der Waals surface area contributed by atoms with E-state index in [0.29, 0.717) is 0 Å². The molecule has 0 aliphatic rings. The van der Waals surface area contributed by atoms with Crippen molar-refractivity contribution in [2.75, 3.05) is 0 Å². The van der Waals surface area contributed by atoms with Crippen LogP contribution in [0.25, 0.3) is 0 Å². The fourth-order valence-corrected chi connectivity index (χ4v) is 4.11. The van der Waals surface area contributed by atoms with Gasteiger partial charge in [0.1, 0.15) is 5.82 Å². The van der Waals surface area contributed by atoms with Gasteiger partial charge in [0.2, 0.25) is 10.0 Å². The smallest absolute Gasteiger partial charge is 0.240 e. The largest absolute Gasteiger partial charge is 0.326 e. The zero-order valence-corrected chi connectivity index (χ0v) is 13.5. The molecule has 0 aliphatic heterocycles. The van der Waals surface area contributed by atoms with Gasteiger partial charge in [0.25, 0.3) is 0 Å². The maximum atomic E-state index is 13.3. The molecule has 0 radical (unpaired) electrons. The van der Waals surface area contributed by atoms with Gasteiger partial charge in [-0.3, -0.25) is 0 Å². The lowest BCUT2D eigenvalue weighted by Gasteiger charge is -2.07. The molecule has 0 saturated heterocycles. The summed E-state index contributed by atoms with van der Waals surface area (Å²) in [6.45, 7) is 0.140. The molecular weight excluding hydrogens is 367 g/mol. The number of nitrogens with two attached hydrogens (primary N) is 1.